The zero-order valence-corrected chi connectivity index (χ0v) is 11.0. The van der Waals surface area contributed by atoms with Crippen LogP contribution in [0.4, 0.5) is 0 Å². The van der Waals surface area contributed by atoms with Crippen LogP contribution in [0.1, 0.15) is 66.7 Å². The van der Waals surface area contributed by atoms with Gasteiger partial charge in [-0.3, -0.25) is 4.79 Å². The molecule has 0 fully saturated rings. The van der Waals surface area contributed by atoms with Gasteiger partial charge >= 0.3 is 0 Å². The Labute approximate surface area is 95.0 Å². The first-order valence-electron chi connectivity index (χ1n) is 6.35. The fourth-order valence-corrected chi connectivity index (χ4v) is 1.89. The number of hydrogen-bond acceptors (Lipinski definition) is 1. The largest absolute Gasteiger partial charge is 0.338 e. The van der Waals surface area contributed by atoms with Crippen molar-refractivity contribution in [1.29, 1.82) is 0 Å². The van der Waals surface area contributed by atoms with Crippen molar-refractivity contribution in [2.75, 3.05) is 0 Å². The van der Waals surface area contributed by atoms with Crippen LogP contribution in [0.15, 0.2) is 0 Å². The third-order valence-corrected chi connectivity index (χ3v) is 2.90. The molecule has 0 spiro atoms. The fourth-order valence-electron chi connectivity index (χ4n) is 1.89. The highest BCUT2D eigenvalue weighted by Crippen LogP contribution is 2.12. The molecule has 0 radical (unpaired) electrons. The number of rotatable bonds is 7. The van der Waals surface area contributed by atoms with E-state index in [1.807, 2.05) is 4.90 Å². The van der Waals surface area contributed by atoms with Gasteiger partial charge in [0.15, 0.2) is 0 Å². The number of carbonyl (C=O) groups excluding carboxylic acids is 1. The molecule has 0 saturated carbocycles. The zero-order valence-electron chi connectivity index (χ0n) is 11.0. The molecule has 0 rings (SSSR count). The summed E-state index contributed by atoms with van der Waals surface area (Å²) in [5.74, 6) is 0.327. The van der Waals surface area contributed by atoms with Gasteiger partial charge < -0.3 is 4.90 Å². The molecule has 0 bridgehead atoms. The third-order valence-electron chi connectivity index (χ3n) is 2.90. The average Bonchev–Trinajstić information content (AvgIpc) is 2.17. The Kier molecular flexibility index (Phi) is 7.45. The maximum atomic E-state index is 12.0. The van der Waals surface area contributed by atoms with Gasteiger partial charge in [-0.2, -0.15) is 0 Å². The molecule has 0 aliphatic rings. The van der Waals surface area contributed by atoms with Crippen LogP contribution in [0.25, 0.3) is 0 Å². The minimum Gasteiger partial charge on any atom is -0.338 e. The maximum Gasteiger partial charge on any atom is 0.223 e. The van der Waals surface area contributed by atoms with Crippen LogP contribution < -0.4 is 0 Å². The van der Waals surface area contributed by atoms with Crippen molar-refractivity contribution < 1.29 is 4.79 Å². The molecule has 0 aromatic carbocycles. The Morgan fingerprint density at radius 2 is 1.73 bits per heavy atom. The lowest BCUT2D eigenvalue weighted by atomic mass is 10.1. The smallest absolute Gasteiger partial charge is 0.223 e. The van der Waals surface area contributed by atoms with Crippen LogP contribution in [0, 0.1) is 0 Å². The van der Waals surface area contributed by atoms with Gasteiger partial charge in [0.05, 0.1) is 0 Å². The van der Waals surface area contributed by atoms with E-state index in [9.17, 15) is 4.79 Å². The lowest BCUT2D eigenvalue weighted by molar-refractivity contribution is -0.135. The van der Waals surface area contributed by atoms with Crippen molar-refractivity contribution in [1.82, 2.24) is 4.90 Å². The minimum absolute atomic E-state index is 0.327. The lowest BCUT2D eigenvalue weighted by Gasteiger charge is -2.32. The SMILES string of the molecule is CCCCCC(=O)N(C(C)C)C(C)CC. The van der Waals surface area contributed by atoms with Crippen molar-refractivity contribution in [3.8, 4) is 0 Å². The van der Waals surface area contributed by atoms with E-state index >= 15 is 0 Å². The van der Waals surface area contributed by atoms with Crippen molar-refractivity contribution in [2.24, 2.45) is 0 Å². The normalized spacial score (nSPS) is 12.9. The van der Waals surface area contributed by atoms with Gasteiger partial charge in [0.25, 0.3) is 0 Å². The second-order valence-corrected chi connectivity index (χ2v) is 4.61. The predicted octanol–water partition coefficient (Wildman–Crippen LogP) is 3.60. The summed E-state index contributed by atoms with van der Waals surface area (Å²) in [5.41, 5.74) is 0. The molecule has 15 heavy (non-hydrogen) atoms. The molecular weight excluding hydrogens is 186 g/mol. The van der Waals surface area contributed by atoms with Gasteiger partial charge in [-0.15, -0.1) is 0 Å². The average molecular weight is 213 g/mol. The highest BCUT2D eigenvalue weighted by molar-refractivity contribution is 5.76. The first kappa shape index (κ1) is 14.5. The van der Waals surface area contributed by atoms with Gasteiger partial charge in [0, 0.05) is 18.5 Å². The molecule has 0 aliphatic heterocycles. The summed E-state index contributed by atoms with van der Waals surface area (Å²) in [6.07, 6.45) is 5.14. The van der Waals surface area contributed by atoms with Crippen LogP contribution in [0.2, 0.25) is 0 Å². The Morgan fingerprint density at radius 1 is 1.13 bits per heavy atom. The minimum atomic E-state index is 0.327. The van der Waals surface area contributed by atoms with E-state index in [0.717, 1.165) is 25.7 Å². The van der Waals surface area contributed by atoms with Crippen LogP contribution in [-0.4, -0.2) is 22.9 Å². The monoisotopic (exact) mass is 213 g/mol. The second kappa shape index (κ2) is 7.72. The van der Waals surface area contributed by atoms with E-state index in [1.165, 1.54) is 6.42 Å². The number of nitrogens with zero attached hydrogens (tertiary/aromatic N) is 1. The summed E-state index contributed by atoms with van der Waals surface area (Å²) in [4.78, 5) is 14.0. The Morgan fingerprint density at radius 3 is 2.13 bits per heavy atom. The predicted molar refractivity (Wildman–Crippen MR) is 65.9 cm³/mol. The van der Waals surface area contributed by atoms with E-state index in [1.54, 1.807) is 0 Å². The summed E-state index contributed by atoms with van der Waals surface area (Å²) in [5, 5.41) is 0. The van der Waals surface area contributed by atoms with E-state index in [4.69, 9.17) is 0 Å². The number of carbonyl (C=O) groups is 1. The molecule has 0 heterocycles. The van der Waals surface area contributed by atoms with E-state index in [2.05, 4.69) is 34.6 Å². The Balaban J connectivity index is 4.17. The molecular formula is C13H27NO. The molecule has 0 N–H and O–H groups in total. The topological polar surface area (TPSA) is 20.3 Å². The highest BCUT2D eigenvalue weighted by Gasteiger charge is 2.20. The number of unbranched alkanes of at least 4 members (excludes halogenated alkanes) is 2. The van der Waals surface area contributed by atoms with Gasteiger partial charge in [-0.25, -0.2) is 0 Å². The van der Waals surface area contributed by atoms with Gasteiger partial charge in [0.2, 0.25) is 5.91 Å². The Bertz CT molecular complexity index is 177. The fraction of sp³-hybridized carbons (Fsp3) is 0.923. The summed E-state index contributed by atoms with van der Waals surface area (Å²) in [7, 11) is 0. The zero-order chi connectivity index (χ0) is 11.8. The molecule has 0 aliphatic carbocycles. The van der Waals surface area contributed by atoms with Crippen LogP contribution in [0.5, 0.6) is 0 Å². The molecule has 0 saturated heterocycles. The maximum absolute atomic E-state index is 12.0. The standard InChI is InChI=1S/C13H27NO/c1-6-8-9-10-13(15)14(11(3)4)12(5)7-2/h11-12H,6-10H2,1-5H3. The second-order valence-electron chi connectivity index (χ2n) is 4.61. The summed E-state index contributed by atoms with van der Waals surface area (Å²) in [6.45, 7) is 10.6. The number of hydrogen-bond donors (Lipinski definition) is 0. The number of amides is 1. The molecule has 2 heteroatoms. The van der Waals surface area contributed by atoms with Gasteiger partial charge in [0.1, 0.15) is 0 Å². The van der Waals surface area contributed by atoms with Crippen molar-refractivity contribution in [3.63, 3.8) is 0 Å². The highest BCUT2D eigenvalue weighted by atomic mass is 16.2. The summed E-state index contributed by atoms with van der Waals surface area (Å²) in [6, 6.07) is 0.702. The molecule has 0 aromatic rings. The first-order chi connectivity index (χ1) is 7.04. The van der Waals surface area contributed by atoms with Gasteiger partial charge in [-0.1, -0.05) is 26.7 Å². The third kappa shape index (κ3) is 5.19. The van der Waals surface area contributed by atoms with E-state index in [0.29, 0.717) is 18.0 Å². The summed E-state index contributed by atoms with van der Waals surface area (Å²) >= 11 is 0. The van der Waals surface area contributed by atoms with Gasteiger partial charge in [-0.05, 0) is 33.6 Å². The molecule has 1 amide bonds. The molecule has 1 unspecified atom stereocenters. The molecule has 90 valence electrons. The van der Waals surface area contributed by atoms with Crippen LogP contribution in [-0.2, 0) is 4.79 Å². The quantitative estimate of drug-likeness (QED) is 0.592. The van der Waals surface area contributed by atoms with E-state index < -0.39 is 0 Å². The van der Waals surface area contributed by atoms with Crippen LogP contribution >= 0.6 is 0 Å². The Hall–Kier alpha value is -0.530. The van der Waals surface area contributed by atoms with Crippen LogP contribution in [0.3, 0.4) is 0 Å². The molecule has 0 aromatic heterocycles. The van der Waals surface area contributed by atoms with Crippen molar-refractivity contribution in [3.05, 3.63) is 0 Å². The summed E-state index contributed by atoms with van der Waals surface area (Å²) < 4.78 is 0. The van der Waals surface area contributed by atoms with E-state index in [-0.39, 0.29) is 0 Å². The van der Waals surface area contributed by atoms with Crippen molar-refractivity contribution >= 4 is 5.91 Å². The van der Waals surface area contributed by atoms with Crippen molar-refractivity contribution in [2.45, 2.75) is 78.8 Å². The molecule has 1 atom stereocenters. The molecule has 2 nitrogen and oxygen atoms in total. The first-order valence-corrected chi connectivity index (χ1v) is 6.35. The lowest BCUT2D eigenvalue weighted by Crippen LogP contribution is -2.43.